The van der Waals surface area contributed by atoms with Crippen LogP contribution in [0.3, 0.4) is 0 Å². The normalized spacial score (nSPS) is 10.4. The van der Waals surface area contributed by atoms with E-state index in [-0.39, 0.29) is 28.2 Å². The Bertz CT molecular complexity index is 404. The second kappa shape index (κ2) is 5.38. The van der Waals surface area contributed by atoms with E-state index in [0.717, 1.165) is 0 Å². The molecule has 1 rings (SSSR count). The minimum atomic E-state index is -2.66. The second-order valence-corrected chi connectivity index (χ2v) is 3.70. The van der Waals surface area contributed by atoms with Gasteiger partial charge in [-0.2, -0.15) is 5.26 Å². The maximum Gasteiger partial charge on any atom is 0.280 e. The first-order valence-electron chi connectivity index (χ1n) is 3.99. The van der Waals surface area contributed by atoms with Gasteiger partial charge in [0.05, 0.1) is 23.2 Å². The van der Waals surface area contributed by atoms with Gasteiger partial charge in [0.15, 0.2) is 0 Å². The van der Waals surface area contributed by atoms with Crippen LogP contribution in [0.4, 0.5) is 8.78 Å². The summed E-state index contributed by atoms with van der Waals surface area (Å²) in [5.74, 6) is 0. The van der Waals surface area contributed by atoms with Gasteiger partial charge in [-0.3, -0.25) is 0 Å². The molecule has 0 atom stereocenters. The highest BCUT2D eigenvalue weighted by Gasteiger charge is 2.17. The van der Waals surface area contributed by atoms with Crippen molar-refractivity contribution in [3.05, 3.63) is 28.0 Å². The van der Waals surface area contributed by atoms with E-state index >= 15 is 0 Å². The third-order valence-corrected chi connectivity index (χ3v) is 2.69. The molecular weight excluding hydrogens is 289 g/mol. The Morgan fingerprint density at radius 1 is 1.60 bits per heavy atom. The average molecular weight is 296 g/mol. The number of alkyl halides is 3. The molecule has 0 aromatic carbocycles. The van der Waals surface area contributed by atoms with Gasteiger partial charge in [0.1, 0.15) is 5.69 Å². The maximum absolute atomic E-state index is 12.6. The summed E-state index contributed by atoms with van der Waals surface area (Å²) in [6.07, 6.45) is -2.73. The van der Waals surface area contributed by atoms with Crippen LogP contribution in [-0.4, -0.2) is 4.98 Å². The van der Waals surface area contributed by atoms with Crippen LogP contribution in [0.15, 0.2) is 6.07 Å². The summed E-state index contributed by atoms with van der Waals surface area (Å²) >= 11 is 8.86. The first-order chi connectivity index (χ1) is 7.10. The standard InChI is InChI=1S/C9H6BrClF2N2/c10-4-5-3-6(11)7(1-2-14)15-8(5)9(12)13/h3,9H,1,4H2. The molecule has 1 heterocycles. The highest BCUT2D eigenvalue weighted by molar-refractivity contribution is 9.08. The van der Waals surface area contributed by atoms with Crippen molar-refractivity contribution in [2.45, 2.75) is 18.2 Å². The lowest BCUT2D eigenvalue weighted by molar-refractivity contribution is 0.145. The van der Waals surface area contributed by atoms with Crippen molar-refractivity contribution >= 4 is 27.5 Å². The molecule has 0 spiro atoms. The van der Waals surface area contributed by atoms with Crippen molar-refractivity contribution in [2.24, 2.45) is 0 Å². The summed E-state index contributed by atoms with van der Waals surface area (Å²) in [4.78, 5) is 3.70. The quantitative estimate of drug-likeness (QED) is 0.798. The molecule has 80 valence electrons. The van der Waals surface area contributed by atoms with E-state index in [9.17, 15) is 8.78 Å². The van der Waals surface area contributed by atoms with E-state index in [2.05, 4.69) is 20.9 Å². The predicted molar refractivity (Wildman–Crippen MR) is 56.2 cm³/mol. The molecule has 0 bridgehead atoms. The number of nitriles is 1. The van der Waals surface area contributed by atoms with Gasteiger partial charge in [-0.05, 0) is 11.6 Å². The predicted octanol–water partition coefficient (Wildman–Crippen LogP) is 3.63. The average Bonchev–Trinajstić information content (AvgIpc) is 2.20. The van der Waals surface area contributed by atoms with Gasteiger partial charge in [0, 0.05) is 5.33 Å². The second-order valence-electron chi connectivity index (χ2n) is 2.73. The van der Waals surface area contributed by atoms with Gasteiger partial charge in [0.25, 0.3) is 6.43 Å². The monoisotopic (exact) mass is 294 g/mol. The number of hydrogen-bond donors (Lipinski definition) is 0. The molecule has 0 saturated heterocycles. The Balaban J connectivity index is 3.25. The Hall–Kier alpha value is -0.730. The minimum Gasteiger partial charge on any atom is -0.249 e. The minimum absolute atomic E-state index is 0.0683. The molecule has 1 aromatic heterocycles. The van der Waals surface area contributed by atoms with Crippen molar-refractivity contribution in [3.8, 4) is 6.07 Å². The lowest BCUT2D eigenvalue weighted by Gasteiger charge is -2.08. The van der Waals surface area contributed by atoms with Crippen LogP contribution in [0.25, 0.3) is 0 Å². The largest absolute Gasteiger partial charge is 0.280 e. The molecule has 0 aliphatic rings. The molecule has 0 aliphatic carbocycles. The van der Waals surface area contributed by atoms with Crippen LogP contribution in [0.2, 0.25) is 5.02 Å². The van der Waals surface area contributed by atoms with Crippen molar-refractivity contribution in [1.29, 1.82) is 5.26 Å². The van der Waals surface area contributed by atoms with Gasteiger partial charge in [-0.1, -0.05) is 27.5 Å². The molecule has 15 heavy (non-hydrogen) atoms. The molecule has 0 fully saturated rings. The van der Waals surface area contributed by atoms with Crippen LogP contribution in [0, 0.1) is 11.3 Å². The molecule has 2 nitrogen and oxygen atoms in total. The van der Waals surface area contributed by atoms with Crippen LogP contribution < -0.4 is 0 Å². The molecule has 0 N–H and O–H groups in total. The van der Waals surface area contributed by atoms with Crippen molar-refractivity contribution < 1.29 is 8.78 Å². The van der Waals surface area contributed by atoms with Crippen LogP contribution >= 0.6 is 27.5 Å². The fraction of sp³-hybridized carbons (Fsp3) is 0.333. The van der Waals surface area contributed by atoms with Crippen LogP contribution in [0.1, 0.15) is 23.4 Å². The summed E-state index contributed by atoms with van der Waals surface area (Å²) in [6.45, 7) is 0. The Morgan fingerprint density at radius 2 is 2.27 bits per heavy atom. The summed E-state index contributed by atoms with van der Waals surface area (Å²) in [5.41, 5.74) is 0.220. The maximum atomic E-state index is 12.6. The Labute approximate surface area is 99.0 Å². The van der Waals surface area contributed by atoms with Crippen molar-refractivity contribution in [2.75, 3.05) is 0 Å². The molecular formula is C9H6BrClF2N2. The Kier molecular flexibility index (Phi) is 4.43. The Morgan fingerprint density at radius 3 is 2.73 bits per heavy atom. The summed E-state index contributed by atoms with van der Waals surface area (Å²) in [5, 5.41) is 8.96. The third-order valence-electron chi connectivity index (χ3n) is 1.76. The lowest BCUT2D eigenvalue weighted by Crippen LogP contribution is -2.01. The van der Waals surface area contributed by atoms with E-state index in [0.29, 0.717) is 5.56 Å². The molecule has 0 amide bonds. The van der Waals surface area contributed by atoms with Gasteiger partial charge in [0.2, 0.25) is 0 Å². The third kappa shape index (κ3) is 2.86. The fourth-order valence-corrected chi connectivity index (χ4v) is 1.77. The molecule has 0 unspecified atom stereocenters. The SMILES string of the molecule is N#CCc1nc(C(F)F)c(CBr)cc1Cl. The number of halogens is 4. The zero-order valence-electron chi connectivity index (χ0n) is 7.48. The fourth-order valence-electron chi connectivity index (χ4n) is 1.08. The summed E-state index contributed by atoms with van der Waals surface area (Å²) in [6, 6.07) is 3.24. The molecule has 0 radical (unpaired) electrons. The number of nitrogens with zero attached hydrogens (tertiary/aromatic N) is 2. The number of rotatable bonds is 3. The molecule has 6 heteroatoms. The smallest absolute Gasteiger partial charge is 0.249 e. The van der Waals surface area contributed by atoms with E-state index in [4.69, 9.17) is 16.9 Å². The van der Waals surface area contributed by atoms with E-state index in [1.807, 2.05) is 6.07 Å². The molecule has 0 aliphatic heterocycles. The number of aromatic nitrogens is 1. The van der Waals surface area contributed by atoms with Crippen molar-refractivity contribution in [1.82, 2.24) is 4.98 Å². The van der Waals surface area contributed by atoms with Crippen LogP contribution in [0.5, 0.6) is 0 Å². The molecule has 1 aromatic rings. The first kappa shape index (κ1) is 12.3. The highest BCUT2D eigenvalue weighted by Crippen LogP contribution is 2.27. The lowest BCUT2D eigenvalue weighted by atomic mass is 10.2. The summed E-state index contributed by atoms with van der Waals surface area (Å²) < 4.78 is 25.1. The zero-order valence-corrected chi connectivity index (χ0v) is 9.82. The van der Waals surface area contributed by atoms with Crippen LogP contribution in [-0.2, 0) is 11.8 Å². The number of pyridine rings is 1. The van der Waals surface area contributed by atoms with E-state index < -0.39 is 6.43 Å². The van der Waals surface area contributed by atoms with E-state index in [1.165, 1.54) is 6.07 Å². The topological polar surface area (TPSA) is 36.7 Å². The molecule has 0 saturated carbocycles. The zero-order chi connectivity index (χ0) is 11.4. The highest BCUT2D eigenvalue weighted by atomic mass is 79.9. The first-order valence-corrected chi connectivity index (χ1v) is 5.49. The van der Waals surface area contributed by atoms with Gasteiger partial charge in [-0.25, -0.2) is 13.8 Å². The number of hydrogen-bond acceptors (Lipinski definition) is 2. The van der Waals surface area contributed by atoms with E-state index in [1.54, 1.807) is 0 Å². The van der Waals surface area contributed by atoms with Gasteiger partial charge >= 0.3 is 0 Å². The van der Waals surface area contributed by atoms with Gasteiger partial charge < -0.3 is 0 Å². The van der Waals surface area contributed by atoms with Gasteiger partial charge in [-0.15, -0.1) is 0 Å². The van der Waals surface area contributed by atoms with Crippen molar-refractivity contribution in [3.63, 3.8) is 0 Å². The summed E-state index contributed by atoms with van der Waals surface area (Å²) in [7, 11) is 0.